The van der Waals surface area contributed by atoms with E-state index in [9.17, 15) is 9.59 Å². The van der Waals surface area contributed by atoms with Crippen LogP contribution < -0.4 is 0 Å². The lowest BCUT2D eigenvalue weighted by Crippen LogP contribution is -2.20. The van der Waals surface area contributed by atoms with Gasteiger partial charge in [0.1, 0.15) is 0 Å². The van der Waals surface area contributed by atoms with E-state index in [1.807, 2.05) is 0 Å². The molecule has 2 rings (SSSR count). The zero-order valence-corrected chi connectivity index (χ0v) is 7.63. The Morgan fingerprint density at radius 2 is 2.31 bits per heavy atom. The van der Waals surface area contributed by atoms with Gasteiger partial charge >= 0.3 is 5.97 Å². The molecule has 68 valence electrons. The topological polar surface area (TPSA) is 54.4 Å². The molecule has 0 aromatic rings. The molecule has 1 aliphatic carbocycles. The van der Waals surface area contributed by atoms with Crippen molar-refractivity contribution in [2.75, 3.05) is 11.5 Å². The van der Waals surface area contributed by atoms with Crippen molar-refractivity contribution in [3.63, 3.8) is 0 Å². The van der Waals surface area contributed by atoms with Gasteiger partial charge in [0.2, 0.25) is 0 Å². The fourth-order valence-electron chi connectivity index (χ4n) is 1.60. The van der Waals surface area contributed by atoms with Crippen molar-refractivity contribution in [3.05, 3.63) is 23.3 Å². The van der Waals surface area contributed by atoms with Crippen molar-refractivity contribution in [2.24, 2.45) is 5.92 Å². The van der Waals surface area contributed by atoms with E-state index in [1.165, 1.54) is 12.2 Å². The zero-order chi connectivity index (χ0) is 9.42. The van der Waals surface area contributed by atoms with Crippen molar-refractivity contribution >= 4 is 23.5 Å². The van der Waals surface area contributed by atoms with Crippen LogP contribution in [-0.2, 0) is 9.59 Å². The van der Waals surface area contributed by atoms with Crippen molar-refractivity contribution in [1.82, 2.24) is 0 Å². The van der Waals surface area contributed by atoms with E-state index in [2.05, 4.69) is 0 Å². The Morgan fingerprint density at radius 3 is 3.00 bits per heavy atom. The minimum Gasteiger partial charge on any atom is -0.478 e. The van der Waals surface area contributed by atoms with Gasteiger partial charge in [0, 0.05) is 11.5 Å². The van der Waals surface area contributed by atoms with Gasteiger partial charge in [-0.25, -0.2) is 4.79 Å². The van der Waals surface area contributed by atoms with Crippen molar-refractivity contribution in [2.45, 2.75) is 0 Å². The molecule has 0 aromatic carbocycles. The summed E-state index contributed by atoms with van der Waals surface area (Å²) in [5, 5.41) is 8.84. The molecule has 13 heavy (non-hydrogen) atoms. The van der Waals surface area contributed by atoms with Crippen LogP contribution in [0.1, 0.15) is 0 Å². The summed E-state index contributed by atoms with van der Waals surface area (Å²) in [5.41, 5.74) is 1.11. The number of fused-ring (bicyclic) bond motifs is 1. The molecule has 0 aromatic heterocycles. The minimum absolute atomic E-state index is 0.0463. The number of carboxylic acid groups (broad SMARTS) is 1. The van der Waals surface area contributed by atoms with Crippen LogP contribution in [0.3, 0.4) is 0 Å². The fraction of sp³-hybridized carbons (Fsp3) is 0.333. The number of ketones is 1. The molecule has 0 radical (unpaired) electrons. The maximum absolute atomic E-state index is 11.3. The molecule has 0 saturated carbocycles. The third-order valence-corrected chi connectivity index (χ3v) is 3.38. The molecule has 1 N–H and O–H groups in total. The van der Waals surface area contributed by atoms with E-state index in [0.717, 1.165) is 11.3 Å². The Hall–Kier alpha value is -1.03. The molecule has 1 aliphatic heterocycles. The molecule has 1 fully saturated rings. The van der Waals surface area contributed by atoms with Gasteiger partial charge in [0.15, 0.2) is 5.78 Å². The molecule has 2 aliphatic rings. The van der Waals surface area contributed by atoms with Crippen LogP contribution in [0.15, 0.2) is 23.3 Å². The summed E-state index contributed by atoms with van der Waals surface area (Å²) in [4.78, 5) is 22.1. The number of carbonyl (C=O) groups excluding carboxylic acids is 1. The summed E-state index contributed by atoms with van der Waals surface area (Å²) in [6.07, 6.45) is 2.80. The summed E-state index contributed by atoms with van der Waals surface area (Å²) in [5.74, 6) is 0.370. The summed E-state index contributed by atoms with van der Waals surface area (Å²) >= 11 is 1.62. The summed E-state index contributed by atoms with van der Waals surface area (Å²) in [7, 11) is 0. The molecule has 4 heteroatoms. The van der Waals surface area contributed by atoms with Crippen molar-refractivity contribution in [3.8, 4) is 0 Å². The van der Waals surface area contributed by atoms with Crippen LogP contribution >= 0.6 is 11.8 Å². The van der Waals surface area contributed by atoms with Crippen LogP contribution in [0.25, 0.3) is 0 Å². The van der Waals surface area contributed by atoms with Crippen LogP contribution in [0.5, 0.6) is 0 Å². The fourth-order valence-corrected chi connectivity index (χ4v) is 2.90. The van der Waals surface area contributed by atoms with E-state index in [1.54, 1.807) is 11.8 Å². The molecule has 1 heterocycles. The van der Waals surface area contributed by atoms with Crippen LogP contribution in [0.2, 0.25) is 0 Å². The highest BCUT2D eigenvalue weighted by atomic mass is 32.2. The third kappa shape index (κ3) is 1.31. The van der Waals surface area contributed by atoms with E-state index in [4.69, 9.17) is 5.11 Å². The van der Waals surface area contributed by atoms with E-state index in [0.29, 0.717) is 11.3 Å². The molecule has 0 amide bonds. The second kappa shape index (κ2) is 3.03. The SMILES string of the molecule is O=C(O)C1=C2CSCC2C(=O)C=C1. The number of thioether (sulfide) groups is 1. The Labute approximate surface area is 79.5 Å². The standard InChI is InChI=1S/C9H8O3S/c10-8-2-1-5(9(11)12)6-3-13-4-7(6)8/h1-2,7H,3-4H2,(H,11,12). The van der Waals surface area contributed by atoms with Crippen LogP contribution in [-0.4, -0.2) is 28.4 Å². The minimum atomic E-state index is -0.925. The lowest BCUT2D eigenvalue weighted by Gasteiger charge is -2.13. The van der Waals surface area contributed by atoms with Crippen molar-refractivity contribution < 1.29 is 14.7 Å². The molecule has 1 atom stereocenters. The van der Waals surface area contributed by atoms with Crippen molar-refractivity contribution in [1.29, 1.82) is 0 Å². The van der Waals surface area contributed by atoms with Crippen LogP contribution in [0, 0.1) is 5.92 Å². The molecule has 1 saturated heterocycles. The Morgan fingerprint density at radius 1 is 1.54 bits per heavy atom. The van der Waals surface area contributed by atoms with E-state index in [-0.39, 0.29) is 11.7 Å². The number of carbonyl (C=O) groups is 2. The normalized spacial score (nSPS) is 26.5. The largest absolute Gasteiger partial charge is 0.478 e. The average Bonchev–Trinajstić information content (AvgIpc) is 2.53. The first-order chi connectivity index (χ1) is 6.20. The second-order valence-corrected chi connectivity index (χ2v) is 4.08. The maximum atomic E-state index is 11.3. The van der Waals surface area contributed by atoms with Gasteiger partial charge < -0.3 is 5.11 Å². The third-order valence-electron chi connectivity index (χ3n) is 2.30. The van der Waals surface area contributed by atoms with Gasteiger partial charge in [-0.2, -0.15) is 11.8 Å². The highest BCUT2D eigenvalue weighted by molar-refractivity contribution is 7.99. The predicted molar refractivity (Wildman–Crippen MR) is 49.6 cm³/mol. The lowest BCUT2D eigenvalue weighted by molar-refractivity contribution is -0.132. The van der Waals surface area contributed by atoms with Gasteiger partial charge in [0.25, 0.3) is 0 Å². The van der Waals surface area contributed by atoms with Gasteiger partial charge in [0.05, 0.1) is 11.5 Å². The average molecular weight is 196 g/mol. The lowest BCUT2D eigenvalue weighted by atomic mass is 9.88. The Balaban J connectivity index is 2.45. The van der Waals surface area contributed by atoms with E-state index >= 15 is 0 Å². The maximum Gasteiger partial charge on any atom is 0.335 e. The number of carboxylic acids is 1. The zero-order valence-electron chi connectivity index (χ0n) is 6.82. The quantitative estimate of drug-likeness (QED) is 0.676. The molecule has 0 bridgehead atoms. The molecule has 3 nitrogen and oxygen atoms in total. The molecule has 1 unspecified atom stereocenters. The van der Waals surface area contributed by atoms with Gasteiger partial charge in [-0.15, -0.1) is 0 Å². The first kappa shape index (κ1) is 8.56. The molecular weight excluding hydrogens is 188 g/mol. The van der Waals surface area contributed by atoms with Gasteiger partial charge in [-0.3, -0.25) is 4.79 Å². The number of allylic oxidation sites excluding steroid dienone is 1. The van der Waals surface area contributed by atoms with E-state index < -0.39 is 5.97 Å². The Bertz CT molecular complexity index is 341. The number of rotatable bonds is 1. The number of hydrogen-bond donors (Lipinski definition) is 1. The highest BCUT2D eigenvalue weighted by Crippen LogP contribution is 2.35. The summed E-state index contributed by atoms with van der Waals surface area (Å²) in [6.45, 7) is 0. The van der Waals surface area contributed by atoms with Gasteiger partial charge in [-0.05, 0) is 17.7 Å². The number of aliphatic carboxylic acids is 1. The molecular formula is C9H8O3S. The first-order valence-electron chi connectivity index (χ1n) is 3.96. The highest BCUT2D eigenvalue weighted by Gasteiger charge is 2.33. The van der Waals surface area contributed by atoms with Crippen LogP contribution in [0.4, 0.5) is 0 Å². The first-order valence-corrected chi connectivity index (χ1v) is 5.11. The van der Waals surface area contributed by atoms with Gasteiger partial charge in [-0.1, -0.05) is 0 Å². The predicted octanol–water partition coefficient (Wildman–Crippen LogP) is 0.870. The number of hydrogen-bond acceptors (Lipinski definition) is 3. The summed E-state index contributed by atoms with van der Waals surface area (Å²) in [6, 6.07) is 0. The second-order valence-electron chi connectivity index (χ2n) is 3.05. The molecule has 0 spiro atoms. The smallest absolute Gasteiger partial charge is 0.335 e. The summed E-state index contributed by atoms with van der Waals surface area (Å²) < 4.78 is 0. The monoisotopic (exact) mass is 196 g/mol. The Kier molecular flexibility index (Phi) is 2.00.